The highest BCUT2D eigenvalue weighted by atomic mass is 35.5. The Morgan fingerprint density at radius 3 is 2.65 bits per heavy atom. The van der Waals surface area contributed by atoms with Gasteiger partial charge >= 0.3 is 0 Å². The van der Waals surface area contributed by atoms with Crippen molar-refractivity contribution in [2.24, 2.45) is 0 Å². The summed E-state index contributed by atoms with van der Waals surface area (Å²) < 4.78 is 35.2. The quantitative estimate of drug-likeness (QED) is 0.400. The number of likely N-dealkylation sites (tertiary alicyclic amines) is 1. The van der Waals surface area contributed by atoms with Crippen molar-refractivity contribution < 1.29 is 32.6 Å². The number of hydrogen-bond acceptors (Lipinski definition) is 8. The summed E-state index contributed by atoms with van der Waals surface area (Å²) in [6.45, 7) is 2.13. The zero-order valence-electron chi connectivity index (χ0n) is 20.0. The molecule has 0 spiro atoms. The molecule has 3 heterocycles. The number of sulfonamides is 1. The molecule has 4 rings (SSSR count). The maximum absolute atomic E-state index is 13.6. The van der Waals surface area contributed by atoms with E-state index in [4.69, 9.17) is 16.3 Å². The maximum atomic E-state index is 13.6. The fourth-order valence-corrected chi connectivity index (χ4v) is 6.67. The summed E-state index contributed by atoms with van der Waals surface area (Å²) in [6.07, 6.45) is -0.373. The number of halogens is 1. The highest BCUT2D eigenvalue weighted by Gasteiger charge is 2.37. The summed E-state index contributed by atoms with van der Waals surface area (Å²) in [5.41, 5.74) is 0.892. The first-order chi connectivity index (χ1) is 17.6. The fourth-order valence-electron chi connectivity index (χ4n) is 4.19. The lowest BCUT2D eigenvalue weighted by atomic mass is 10.1. The van der Waals surface area contributed by atoms with Crippen molar-refractivity contribution in [2.75, 3.05) is 44.3 Å². The lowest BCUT2D eigenvalue weighted by Crippen LogP contribution is -2.61. The van der Waals surface area contributed by atoms with Crippen LogP contribution in [0.15, 0.2) is 35.2 Å². The van der Waals surface area contributed by atoms with E-state index in [9.17, 15) is 27.9 Å². The van der Waals surface area contributed by atoms with Gasteiger partial charge in [0.05, 0.1) is 26.8 Å². The Balaban J connectivity index is 1.59. The number of nitrogens with one attached hydrogen (secondary N) is 2. The smallest absolute Gasteiger partial charge is 0.261 e. The Labute approximate surface area is 223 Å². The van der Waals surface area contributed by atoms with E-state index in [-0.39, 0.29) is 37.0 Å². The Morgan fingerprint density at radius 2 is 2.03 bits per heavy atom. The third-order valence-corrected chi connectivity index (χ3v) is 8.85. The highest BCUT2D eigenvalue weighted by Crippen LogP contribution is 2.29. The molecule has 1 aromatic heterocycles. The number of aliphatic hydroxyl groups is 1. The predicted molar refractivity (Wildman–Crippen MR) is 137 cm³/mol. The molecule has 1 aromatic carbocycles. The first kappa shape index (κ1) is 27.5. The van der Waals surface area contributed by atoms with Crippen LogP contribution in [0.2, 0.25) is 4.34 Å². The van der Waals surface area contributed by atoms with Gasteiger partial charge in [-0.05, 0) is 36.2 Å². The standard InChI is InChI=1S/C23H27ClN4O7S2/c1-2-15-17(28-8-9-35-13-21(28)30)4-3-5-19(15)37(33,34)26-16(23(32)27-11-14(29)12-27)10-25-22(31)18-6-7-20(24)36-18/h3-7,14,16,26,29H,2,8-13H2,1H3,(H,25,31)/t16-/m0/s1. The SMILES string of the molecule is CCc1c(N2CCOCC2=O)cccc1S(=O)(=O)N[C@@H](CNC(=O)c1ccc(Cl)s1)C(=O)N1CC(O)C1. The number of carbonyl (C=O) groups is 3. The van der Waals surface area contributed by atoms with Gasteiger partial charge in [-0.15, -0.1) is 11.3 Å². The number of anilines is 1. The third kappa shape index (κ3) is 6.13. The van der Waals surface area contributed by atoms with Crippen LogP contribution < -0.4 is 14.9 Å². The van der Waals surface area contributed by atoms with E-state index in [2.05, 4.69) is 10.0 Å². The lowest BCUT2D eigenvalue weighted by Gasteiger charge is -2.38. The average Bonchev–Trinajstić information content (AvgIpc) is 3.30. The van der Waals surface area contributed by atoms with Gasteiger partial charge in [-0.1, -0.05) is 24.6 Å². The minimum Gasteiger partial charge on any atom is -0.389 e. The molecule has 3 N–H and O–H groups in total. The highest BCUT2D eigenvalue weighted by molar-refractivity contribution is 7.89. The molecule has 0 aliphatic carbocycles. The van der Waals surface area contributed by atoms with Gasteiger partial charge < -0.3 is 25.0 Å². The van der Waals surface area contributed by atoms with Crippen molar-refractivity contribution in [3.8, 4) is 0 Å². The van der Waals surface area contributed by atoms with Gasteiger partial charge in [-0.2, -0.15) is 4.72 Å². The van der Waals surface area contributed by atoms with Gasteiger partial charge in [0.25, 0.3) is 11.8 Å². The number of hydrogen-bond donors (Lipinski definition) is 3. The summed E-state index contributed by atoms with van der Waals surface area (Å²) >= 11 is 6.95. The van der Waals surface area contributed by atoms with Gasteiger partial charge in [-0.25, -0.2) is 8.42 Å². The number of morpholine rings is 1. The second-order valence-electron chi connectivity index (χ2n) is 8.59. The van der Waals surface area contributed by atoms with Crippen molar-refractivity contribution in [1.82, 2.24) is 14.9 Å². The molecule has 0 radical (unpaired) electrons. The van der Waals surface area contributed by atoms with E-state index < -0.39 is 34.0 Å². The van der Waals surface area contributed by atoms with E-state index in [1.165, 1.54) is 28.0 Å². The molecular weight excluding hydrogens is 544 g/mol. The summed E-state index contributed by atoms with van der Waals surface area (Å²) in [6, 6.07) is 6.40. The zero-order valence-corrected chi connectivity index (χ0v) is 22.4. The first-order valence-electron chi connectivity index (χ1n) is 11.6. The van der Waals surface area contributed by atoms with Crippen LogP contribution in [0.1, 0.15) is 22.2 Å². The fraction of sp³-hybridized carbons (Fsp3) is 0.435. The monoisotopic (exact) mass is 570 g/mol. The molecular formula is C23H27ClN4O7S2. The van der Waals surface area contributed by atoms with Crippen molar-refractivity contribution >= 4 is 56.4 Å². The normalized spacial score (nSPS) is 17.4. The molecule has 11 nitrogen and oxygen atoms in total. The summed E-state index contributed by atoms with van der Waals surface area (Å²) in [5.74, 6) is -1.35. The predicted octanol–water partition coefficient (Wildman–Crippen LogP) is 0.607. The topological polar surface area (TPSA) is 145 Å². The van der Waals surface area contributed by atoms with Crippen LogP contribution in [0.3, 0.4) is 0 Å². The number of nitrogens with zero attached hydrogens (tertiary/aromatic N) is 2. The number of aliphatic hydroxyl groups excluding tert-OH is 1. The third-order valence-electron chi connectivity index (χ3n) is 6.06. The molecule has 200 valence electrons. The van der Waals surface area contributed by atoms with Crippen LogP contribution in [0.4, 0.5) is 5.69 Å². The maximum Gasteiger partial charge on any atom is 0.261 e. The number of carbonyl (C=O) groups excluding carboxylic acids is 3. The van der Waals surface area contributed by atoms with Crippen molar-refractivity contribution in [3.63, 3.8) is 0 Å². The summed E-state index contributed by atoms with van der Waals surface area (Å²) in [4.78, 5) is 41.1. The molecule has 0 saturated carbocycles. The van der Waals surface area contributed by atoms with Crippen LogP contribution in [0.25, 0.3) is 0 Å². The van der Waals surface area contributed by atoms with Crippen LogP contribution in [0.5, 0.6) is 0 Å². The van der Waals surface area contributed by atoms with Crippen molar-refractivity contribution in [3.05, 3.63) is 45.1 Å². The second kappa shape index (κ2) is 11.5. The molecule has 0 unspecified atom stereocenters. The largest absolute Gasteiger partial charge is 0.389 e. The number of thiophene rings is 1. The Kier molecular flexibility index (Phi) is 8.51. The summed E-state index contributed by atoms with van der Waals surface area (Å²) in [7, 11) is -4.26. The molecule has 0 bridgehead atoms. The molecule has 2 saturated heterocycles. The molecule has 2 fully saturated rings. The number of β-amino-alcohol motifs (C(OH)–C–C–N with tert-alkyl or cyclic N) is 1. The summed E-state index contributed by atoms with van der Waals surface area (Å²) in [5, 5.41) is 12.2. The van der Waals surface area contributed by atoms with Gasteiger partial charge in [-0.3, -0.25) is 14.4 Å². The number of benzene rings is 1. The molecule has 1 atom stereocenters. The van der Waals surface area contributed by atoms with Gasteiger partial charge in [0.2, 0.25) is 15.9 Å². The molecule has 2 aliphatic rings. The molecule has 14 heteroatoms. The van der Waals surface area contributed by atoms with E-state index in [1.54, 1.807) is 19.1 Å². The van der Waals surface area contributed by atoms with E-state index in [0.29, 0.717) is 40.0 Å². The number of amides is 3. The molecule has 37 heavy (non-hydrogen) atoms. The van der Waals surface area contributed by atoms with Crippen molar-refractivity contribution in [1.29, 1.82) is 0 Å². The Hall–Kier alpha value is -2.55. The second-order valence-corrected chi connectivity index (χ2v) is 12.0. The minimum atomic E-state index is -4.26. The van der Waals surface area contributed by atoms with E-state index >= 15 is 0 Å². The molecule has 2 aliphatic heterocycles. The van der Waals surface area contributed by atoms with Crippen LogP contribution in [0, 0.1) is 0 Å². The number of rotatable bonds is 9. The Morgan fingerprint density at radius 1 is 1.27 bits per heavy atom. The molecule has 2 aromatic rings. The average molecular weight is 571 g/mol. The molecule has 3 amide bonds. The first-order valence-corrected chi connectivity index (χ1v) is 14.3. The minimum absolute atomic E-state index is 0.0652. The van der Waals surface area contributed by atoms with Crippen LogP contribution in [-0.2, 0) is 30.8 Å². The van der Waals surface area contributed by atoms with Crippen molar-refractivity contribution in [2.45, 2.75) is 30.4 Å². The van der Waals surface area contributed by atoms with Gasteiger partial charge in [0.1, 0.15) is 12.6 Å². The lowest BCUT2D eigenvalue weighted by molar-refractivity contribution is -0.142. The van der Waals surface area contributed by atoms with Gasteiger partial charge in [0.15, 0.2) is 0 Å². The van der Waals surface area contributed by atoms with Gasteiger partial charge in [0, 0.05) is 31.9 Å². The van der Waals surface area contributed by atoms with E-state index in [1.807, 2.05) is 0 Å². The van der Waals surface area contributed by atoms with Crippen LogP contribution in [-0.4, -0.2) is 87.7 Å². The number of ether oxygens (including phenoxy) is 1. The zero-order chi connectivity index (χ0) is 26.7. The van der Waals surface area contributed by atoms with Crippen LogP contribution >= 0.6 is 22.9 Å². The van der Waals surface area contributed by atoms with E-state index in [0.717, 1.165) is 11.3 Å². The Bertz CT molecular complexity index is 1290.